The van der Waals surface area contributed by atoms with E-state index in [4.69, 9.17) is 0 Å². The Balaban J connectivity index is 1.76. The maximum absolute atomic E-state index is 4.60. The minimum Gasteiger partial charge on any atom is -0.313 e. The Morgan fingerprint density at radius 1 is 1.10 bits per heavy atom. The Kier molecular flexibility index (Phi) is 6.43. The lowest BCUT2D eigenvalue weighted by atomic mass is 10.2. The average Bonchev–Trinajstić information content (AvgIpc) is 2.50. The van der Waals surface area contributed by atoms with E-state index >= 15 is 0 Å². The van der Waals surface area contributed by atoms with E-state index in [1.807, 2.05) is 6.20 Å². The fourth-order valence-electron chi connectivity index (χ4n) is 2.56. The van der Waals surface area contributed by atoms with Gasteiger partial charge in [-0.05, 0) is 31.1 Å². The van der Waals surface area contributed by atoms with Gasteiger partial charge in [-0.15, -0.1) is 0 Å². The van der Waals surface area contributed by atoms with E-state index in [0.717, 1.165) is 32.7 Å². The lowest BCUT2D eigenvalue weighted by Gasteiger charge is -2.33. The number of likely N-dealkylation sites (N-methyl/N-ethyl adjacent to an activating group) is 1. The number of nitrogens with zero attached hydrogens (tertiary/aromatic N) is 3. The lowest BCUT2D eigenvalue weighted by molar-refractivity contribution is 0.131. The standard InChI is InChI=1S/C16H28N4/c1-3-7-17-12-15-5-6-16(18-13-15)14-20-10-8-19(4-2)9-11-20/h5-6,13,17H,3-4,7-12,14H2,1-2H3. The van der Waals surface area contributed by atoms with Crippen LogP contribution in [0, 0.1) is 0 Å². The van der Waals surface area contributed by atoms with Crippen LogP contribution in [-0.2, 0) is 13.1 Å². The van der Waals surface area contributed by atoms with E-state index < -0.39 is 0 Å². The molecule has 2 heterocycles. The molecule has 1 fully saturated rings. The molecule has 0 saturated carbocycles. The van der Waals surface area contributed by atoms with Crippen molar-refractivity contribution in [2.45, 2.75) is 33.4 Å². The highest BCUT2D eigenvalue weighted by Gasteiger charge is 2.15. The van der Waals surface area contributed by atoms with Gasteiger partial charge < -0.3 is 10.2 Å². The van der Waals surface area contributed by atoms with E-state index in [2.05, 4.69) is 46.1 Å². The molecule has 1 saturated heterocycles. The zero-order valence-corrected chi connectivity index (χ0v) is 12.9. The summed E-state index contributed by atoms with van der Waals surface area (Å²) in [7, 11) is 0. The molecule has 20 heavy (non-hydrogen) atoms. The molecule has 4 nitrogen and oxygen atoms in total. The Bertz CT molecular complexity index is 369. The maximum Gasteiger partial charge on any atom is 0.0544 e. The number of nitrogens with one attached hydrogen (secondary N) is 1. The molecule has 1 N–H and O–H groups in total. The Morgan fingerprint density at radius 3 is 2.45 bits per heavy atom. The van der Waals surface area contributed by atoms with Gasteiger partial charge in [-0.1, -0.05) is 19.9 Å². The molecule has 4 heteroatoms. The van der Waals surface area contributed by atoms with Crippen molar-refractivity contribution in [3.8, 4) is 0 Å². The van der Waals surface area contributed by atoms with Crippen molar-refractivity contribution in [3.63, 3.8) is 0 Å². The molecule has 0 aliphatic carbocycles. The van der Waals surface area contributed by atoms with E-state index in [-0.39, 0.29) is 0 Å². The minimum atomic E-state index is 0.927. The summed E-state index contributed by atoms with van der Waals surface area (Å²) in [6.45, 7) is 13.3. The van der Waals surface area contributed by atoms with Crippen molar-refractivity contribution in [2.75, 3.05) is 39.3 Å². The molecule has 1 aromatic heterocycles. The largest absolute Gasteiger partial charge is 0.313 e. The summed E-state index contributed by atoms with van der Waals surface area (Å²) in [6, 6.07) is 4.38. The second-order valence-electron chi connectivity index (χ2n) is 5.54. The van der Waals surface area contributed by atoms with Gasteiger partial charge in [0.15, 0.2) is 0 Å². The zero-order chi connectivity index (χ0) is 14.2. The predicted molar refractivity (Wildman–Crippen MR) is 83.6 cm³/mol. The molecule has 1 aliphatic rings. The summed E-state index contributed by atoms with van der Waals surface area (Å²) in [5.74, 6) is 0. The van der Waals surface area contributed by atoms with Crippen molar-refractivity contribution >= 4 is 0 Å². The van der Waals surface area contributed by atoms with Gasteiger partial charge in [0.1, 0.15) is 0 Å². The number of hydrogen-bond acceptors (Lipinski definition) is 4. The van der Waals surface area contributed by atoms with Crippen LogP contribution in [0.15, 0.2) is 18.3 Å². The van der Waals surface area contributed by atoms with E-state index in [0.29, 0.717) is 0 Å². The highest BCUT2D eigenvalue weighted by molar-refractivity contribution is 5.14. The Labute approximate surface area is 123 Å². The summed E-state index contributed by atoms with van der Waals surface area (Å²) in [5, 5.41) is 3.41. The molecule has 0 spiro atoms. The first kappa shape index (κ1) is 15.4. The SMILES string of the molecule is CCCNCc1ccc(CN2CCN(CC)CC2)nc1. The van der Waals surface area contributed by atoms with Crippen LogP contribution < -0.4 is 5.32 Å². The van der Waals surface area contributed by atoms with Crippen LogP contribution in [0.3, 0.4) is 0 Å². The van der Waals surface area contributed by atoms with E-state index in [1.54, 1.807) is 0 Å². The first-order valence-corrected chi connectivity index (χ1v) is 7.91. The quantitative estimate of drug-likeness (QED) is 0.768. The van der Waals surface area contributed by atoms with Crippen LogP contribution in [0.1, 0.15) is 31.5 Å². The van der Waals surface area contributed by atoms with Crippen LogP contribution in [-0.4, -0.2) is 54.1 Å². The molecule has 0 aromatic carbocycles. The molecule has 0 atom stereocenters. The molecule has 0 radical (unpaired) electrons. The summed E-state index contributed by atoms with van der Waals surface area (Å²) < 4.78 is 0. The lowest BCUT2D eigenvalue weighted by Crippen LogP contribution is -2.45. The molecule has 1 aliphatic heterocycles. The fourth-order valence-corrected chi connectivity index (χ4v) is 2.56. The van der Waals surface area contributed by atoms with Crippen LogP contribution in [0.2, 0.25) is 0 Å². The van der Waals surface area contributed by atoms with Crippen molar-refractivity contribution < 1.29 is 0 Å². The third-order valence-corrected chi connectivity index (χ3v) is 3.94. The molecule has 0 amide bonds. The summed E-state index contributed by atoms with van der Waals surface area (Å²) >= 11 is 0. The van der Waals surface area contributed by atoms with Crippen LogP contribution in [0.4, 0.5) is 0 Å². The first-order valence-electron chi connectivity index (χ1n) is 7.91. The molecule has 0 unspecified atom stereocenters. The number of hydrogen-bond donors (Lipinski definition) is 1. The highest BCUT2D eigenvalue weighted by atomic mass is 15.3. The van der Waals surface area contributed by atoms with Crippen LogP contribution >= 0.6 is 0 Å². The number of piperazine rings is 1. The molecular formula is C16H28N4. The summed E-state index contributed by atoms with van der Waals surface area (Å²) in [6.07, 6.45) is 3.19. The fraction of sp³-hybridized carbons (Fsp3) is 0.688. The number of pyridine rings is 1. The molecule has 0 bridgehead atoms. The second-order valence-corrected chi connectivity index (χ2v) is 5.54. The smallest absolute Gasteiger partial charge is 0.0544 e. The third kappa shape index (κ3) is 4.85. The molecule has 2 rings (SSSR count). The Hall–Kier alpha value is -0.970. The van der Waals surface area contributed by atoms with E-state index in [9.17, 15) is 0 Å². The van der Waals surface area contributed by atoms with Gasteiger partial charge in [-0.2, -0.15) is 0 Å². The second kappa shape index (κ2) is 8.35. The first-order chi connectivity index (χ1) is 9.81. The maximum atomic E-state index is 4.60. The predicted octanol–water partition coefficient (Wildman–Crippen LogP) is 1.72. The van der Waals surface area contributed by atoms with Crippen molar-refractivity contribution in [3.05, 3.63) is 29.6 Å². The van der Waals surface area contributed by atoms with Gasteiger partial charge in [0.05, 0.1) is 5.69 Å². The van der Waals surface area contributed by atoms with Crippen LogP contribution in [0.5, 0.6) is 0 Å². The minimum absolute atomic E-state index is 0.927. The van der Waals surface area contributed by atoms with Crippen molar-refractivity contribution in [1.82, 2.24) is 20.1 Å². The van der Waals surface area contributed by atoms with Gasteiger partial charge in [-0.25, -0.2) is 0 Å². The topological polar surface area (TPSA) is 31.4 Å². The molecule has 112 valence electrons. The van der Waals surface area contributed by atoms with Crippen LogP contribution in [0.25, 0.3) is 0 Å². The van der Waals surface area contributed by atoms with Gasteiger partial charge in [-0.3, -0.25) is 9.88 Å². The number of aromatic nitrogens is 1. The third-order valence-electron chi connectivity index (χ3n) is 3.94. The average molecular weight is 276 g/mol. The number of rotatable bonds is 7. The normalized spacial score (nSPS) is 17.5. The summed E-state index contributed by atoms with van der Waals surface area (Å²) in [4.78, 5) is 9.61. The van der Waals surface area contributed by atoms with Crippen molar-refractivity contribution in [1.29, 1.82) is 0 Å². The monoisotopic (exact) mass is 276 g/mol. The summed E-state index contributed by atoms with van der Waals surface area (Å²) in [5.41, 5.74) is 2.46. The van der Waals surface area contributed by atoms with E-state index in [1.165, 1.54) is 37.3 Å². The zero-order valence-electron chi connectivity index (χ0n) is 12.9. The van der Waals surface area contributed by atoms with Gasteiger partial charge >= 0.3 is 0 Å². The van der Waals surface area contributed by atoms with Crippen molar-refractivity contribution in [2.24, 2.45) is 0 Å². The molecule has 1 aromatic rings. The van der Waals surface area contributed by atoms with Gasteiger partial charge in [0.25, 0.3) is 0 Å². The Morgan fingerprint density at radius 2 is 1.85 bits per heavy atom. The molecular weight excluding hydrogens is 248 g/mol. The highest BCUT2D eigenvalue weighted by Crippen LogP contribution is 2.07. The van der Waals surface area contributed by atoms with Gasteiger partial charge in [0.2, 0.25) is 0 Å². The van der Waals surface area contributed by atoms with Gasteiger partial charge in [0, 0.05) is 45.5 Å².